The van der Waals surface area contributed by atoms with Gasteiger partial charge in [0, 0.05) is 56.4 Å². The molecule has 174 valence electrons. The highest BCUT2D eigenvalue weighted by molar-refractivity contribution is 6.08. The maximum absolute atomic E-state index is 13.6. The summed E-state index contributed by atoms with van der Waals surface area (Å²) in [5.41, 5.74) is 3.36. The van der Waals surface area contributed by atoms with Gasteiger partial charge in [0.05, 0.1) is 28.7 Å². The van der Waals surface area contributed by atoms with E-state index in [0.29, 0.717) is 17.5 Å². The highest BCUT2D eigenvalue weighted by atomic mass is 16.5. The molecular formula is C25H31N5O3. The van der Waals surface area contributed by atoms with Gasteiger partial charge in [0.15, 0.2) is 0 Å². The lowest BCUT2D eigenvalue weighted by Gasteiger charge is -2.47. The van der Waals surface area contributed by atoms with Gasteiger partial charge in [-0.15, -0.1) is 0 Å². The van der Waals surface area contributed by atoms with Crippen molar-refractivity contribution >= 4 is 27.7 Å². The fourth-order valence-electron chi connectivity index (χ4n) is 5.86. The zero-order valence-corrected chi connectivity index (χ0v) is 19.3. The molecule has 1 N–H and O–H groups in total. The second-order valence-electron chi connectivity index (χ2n) is 9.95. The first-order valence-electron chi connectivity index (χ1n) is 12.1. The van der Waals surface area contributed by atoms with Crippen molar-refractivity contribution in [1.82, 2.24) is 24.6 Å². The third-order valence-electron chi connectivity index (χ3n) is 7.92. The number of carbonyl (C=O) groups excluding carboxylic acids is 1. The SMILES string of the molecule is COCCCN1CC2Cc3cc4[nH]c(=O)c5cnn(C6CCC6)c5c4cc3C(=O)N2C[C@@H]1C. The maximum atomic E-state index is 13.6. The monoisotopic (exact) mass is 449 g/mol. The summed E-state index contributed by atoms with van der Waals surface area (Å²) < 4.78 is 7.23. The lowest BCUT2D eigenvalue weighted by atomic mass is 9.89. The smallest absolute Gasteiger partial charge is 0.259 e. The zero-order chi connectivity index (χ0) is 22.7. The summed E-state index contributed by atoms with van der Waals surface area (Å²) in [6.07, 6.45) is 6.85. The summed E-state index contributed by atoms with van der Waals surface area (Å²) in [6, 6.07) is 4.88. The summed E-state index contributed by atoms with van der Waals surface area (Å²) in [4.78, 5) is 34.0. The molecule has 1 saturated carbocycles. The quantitative estimate of drug-likeness (QED) is 0.606. The molecule has 0 radical (unpaired) electrons. The van der Waals surface area contributed by atoms with Crippen molar-refractivity contribution in [1.29, 1.82) is 0 Å². The number of benzene rings is 1. The van der Waals surface area contributed by atoms with Crippen LogP contribution in [0.2, 0.25) is 0 Å². The van der Waals surface area contributed by atoms with Gasteiger partial charge in [-0.2, -0.15) is 5.10 Å². The first-order chi connectivity index (χ1) is 16.0. The van der Waals surface area contributed by atoms with E-state index in [1.807, 2.05) is 16.8 Å². The van der Waals surface area contributed by atoms with Gasteiger partial charge >= 0.3 is 0 Å². The van der Waals surface area contributed by atoms with E-state index in [2.05, 4.69) is 26.8 Å². The molecule has 0 bridgehead atoms. The van der Waals surface area contributed by atoms with Crippen LogP contribution in [0.1, 0.15) is 54.6 Å². The third-order valence-corrected chi connectivity index (χ3v) is 7.92. The number of nitrogens with one attached hydrogen (secondary N) is 1. The molecule has 1 saturated heterocycles. The van der Waals surface area contributed by atoms with Crippen LogP contribution in [0.25, 0.3) is 21.8 Å². The second-order valence-corrected chi connectivity index (χ2v) is 9.95. The molecule has 4 heterocycles. The molecule has 6 rings (SSSR count). The van der Waals surface area contributed by atoms with Gasteiger partial charge in [-0.3, -0.25) is 19.2 Å². The first kappa shape index (κ1) is 20.9. The van der Waals surface area contributed by atoms with E-state index in [0.717, 1.165) is 79.5 Å². The van der Waals surface area contributed by atoms with Gasteiger partial charge in [0.2, 0.25) is 0 Å². The number of nitrogens with zero attached hydrogens (tertiary/aromatic N) is 4. The summed E-state index contributed by atoms with van der Waals surface area (Å²) in [5, 5.41) is 6.09. The van der Waals surface area contributed by atoms with E-state index in [4.69, 9.17) is 4.74 Å². The molecule has 8 nitrogen and oxygen atoms in total. The van der Waals surface area contributed by atoms with Crippen molar-refractivity contribution in [3.8, 4) is 0 Å². The molecule has 1 aliphatic carbocycles. The van der Waals surface area contributed by atoms with Crippen LogP contribution in [0, 0.1) is 0 Å². The van der Waals surface area contributed by atoms with Crippen LogP contribution in [-0.2, 0) is 11.2 Å². The number of H-pyrrole nitrogens is 1. The highest BCUT2D eigenvalue weighted by Crippen LogP contribution is 2.36. The van der Waals surface area contributed by atoms with Crippen molar-refractivity contribution in [3.63, 3.8) is 0 Å². The summed E-state index contributed by atoms with van der Waals surface area (Å²) in [6.45, 7) is 5.56. The van der Waals surface area contributed by atoms with E-state index in [9.17, 15) is 9.59 Å². The number of methoxy groups -OCH3 is 1. The van der Waals surface area contributed by atoms with Gasteiger partial charge in [-0.05, 0) is 56.7 Å². The molecule has 2 fully saturated rings. The van der Waals surface area contributed by atoms with Crippen LogP contribution in [0.5, 0.6) is 0 Å². The highest BCUT2D eigenvalue weighted by Gasteiger charge is 2.39. The molecule has 1 aromatic carbocycles. The number of pyridine rings is 1. The number of carbonyl (C=O) groups is 1. The van der Waals surface area contributed by atoms with Crippen LogP contribution in [0.15, 0.2) is 23.1 Å². The number of hydrogen-bond donors (Lipinski definition) is 1. The Hall–Kier alpha value is -2.71. The predicted molar refractivity (Wildman–Crippen MR) is 127 cm³/mol. The molecule has 0 spiro atoms. The number of aromatic nitrogens is 3. The van der Waals surface area contributed by atoms with E-state index in [1.165, 1.54) is 6.42 Å². The number of amides is 1. The average Bonchev–Trinajstić information content (AvgIpc) is 3.19. The topological polar surface area (TPSA) is 83.5 Å². The minimum absolute atomic E-state index is 0.109. The summed E-state index contributed by atoms with van der Waals surface area (Å²) in [5.74, 6) is 0.112. The second kappa shape index (κ2) is 7.95. The number of hydrogen-bond acceptors (Lipinski definition) is 5. The Bertz CT molecular complexity index is 1290. The average molecular weight is 450 g/mol. The fourth-order valence-corrected chi connectivity index (χ4v) is 5.86. The summed E-state index contributed by atoms with van der Waals surface area (Å²) >= 11 is 0. The molecule has 3 aromatic rings. The largest absolute Gasteiger partial charge is 0.385 e. The summed E-state index contributed by atoms with van der Waals surface area (Å²) in [7, 11) is 1.74. The van der Waals surface area contributed by atoms with Crippen LogP contribution in [0.3, 0.4) is 0 Å². The van der Waals surface area contributed by atoms with Crippen molar-refractivity contribution in [2.45, 2.75) is 57.2 Å². The van der Waals surface area contributed by atoms with Gasteiger partial charge < -0.3 is 14.6 Å². The maximum Gasteiger partial charge on any atom is 0.259 e. The van der Waals surface area contributed by atoms with Crippen LogP contribution in [0.4, 0.5) is 0 Å². The molecule has 1 amide bonds. The van der Waals surface area contributed by atoms with Crippen LogP contribution >= 0.6 is 0 Å². The van der Waals surface area contributed by atoms with Crippen molar-refractivity contribution in [2.75, 3.05) is 33.4 Å². The van der Waals surface area contributed by atoms with Crippen molar-refractivity contribution in [3.05, 3.63) is 39.8 Å². The van der Waals surface area contributed by atoms with Gasteiger partial charge in [-0.25, -0.2) is 0 Å². The number of ether oxygens (including phenoxy) is 1. The number of fused-ring (bicyclic) bond motifs is 5. The third kappa shape index (κ3) is 3.30. The Balaban J connectivity index is 1.40. The Morgan fingerprint density at radius 3 is 2.76 bits per heavy atom. The molecular weight excluding hydrogens is 418 g/mol. The minimum atomic E-state index is -0.109. The normalized spacial score (nSPS) is 23.7. The van der Waals surface area contributed by atoms with Crippen molar-refractivity contribution in [2.24, 2.45) is 0 Å². The number of rotatable bonds is 5. The van der Waals surface area contributed by atoms with Crippen LogP contribution in [-0.4, -0.2) is 75.9 Å². The van der Waals surface area contributed by atoms with Crippen molar-refractivity contribution < 1.29 is 9.53 Å². The van der Waals surface area contributed by atoms with Gasteiger partial charge in [0.25, 0.3) is 11.5 Å². The van der Waals surface area contributed by atoms with E-state index in [-0.39, 0.29) is 17.5 Å². The molecule has 1 unspecified atom stereocenters. The van der Waals surface area contributed by atoms with Gasteiger partial charge in [0.1, 0.15) is 0 Å². The number of aromatic amines is 1. The van der Waals surface area contributed by atoms with E-state index >= 15 is 0 Å². The molecule has 2 aromatic heterocycles. The minimum Gasteiger partial charge on any atom is -0.385 e. The van der Waals surface area contributed by atoms with Crippen LogP contribution < -0.4 is 5.56 Å². The van der Waals surface area contributed by atoms with Gasteiger partial charge in [-0.1, -0.05) is 0 Å². The lowest BCUT2D eigenvalue weighted by Crippen LogP contribution is -2.61. The Morgan fingerprint density at radius 2 is 2.00 bits per heavy atom. The molecule has 33 heavy (non-hydrogen) atoms. The predicted octanol–water partition coefficient (Wildman–Crippen LogP) is 2.71. The Labute approximate surface area is 192 Å². The lowest BCUT2D eigenvalue weighted by molar-refractivity contribution is 0.0212. The number of piperazine rings is 1. The molecule has 3 aliphatic rings. The van der Waals surface area contributed by atoms with E-state index < -0.39 is 0 Å². The first-order valence-corrected chi connectivity index (χ1v) is 12.1. The molecule has 8 heteroatoms. The zero-order valence-electron chi connectivity index (χ0n) is 19.3. The standard InChI is InChI=1S/C25H31N5O3/c1-15-13-29-18(14-28(15)7-4-8-33-2)9-16-10-22-20(11-19(16)25(29)32)23-21(24(31)27-22)12-26-30(23)17-5-3-6-17/h10-12,15,17-18H,3-9,13-14H2,1-2H3,(H,27,31)/t15-,18?/m0/s1. The fraction of sp³-hybridized carbons (Fsp3) is 0.560. The Morgan fingerprint density at radius 1 is 1.15 bits per heavy atom. The molecule has 2 aliphatic heterocycles. The Kier molecular flexibility index (Phi) is 5.03. The molecule has 2 atom stereocenters. The van der Waals surface area contributed by atoms with E-state index in [1.54, 1.807) is 13.3 Å².